The summed E-state index contributed by atoms with van der Waals surface area (Å²) in [6.45, 7) is 7.73. The van der Waals surface area contributed by atoms with Gasteiger partial charge in [-0.1, -0.05) is 12.2 Å². The summed E-state index contributed by atoms with van der Waals surface area (Å²) in [4.78, 5) is 24.0. The van der Waals surface area contributed by atoms with Gasteiger partial charge in [0, 0.05) is 11.1 Å². The summed E-state index contributed by atoms with van der Waals surface area (Å²) in [5.41, 5.74) is 0.952. The van der Waals surface area contributed by atoms with Crippen molar-refractivity contribution in [2.45, 2.75) is 38.5 Å². The largest absolute Gasteiger partial charge is 0.462 e. The van der Waals surface area contributed by atoms with Gasteiger partial charge in [-0.3, -0.25) is 0 Å². The van der Waals surface area contributed by atoms with Crippen molar-refractivity contribution >= 4 is 11.9 Å². The van der Waals surface area contributed by atoms with Crippen LogP contribution in [0.15, 0.2) is 36.5 Å². The van der Waals surface area contributed by atoms with E-state index in [1.807, 2.05) is 0 Å². The molecule has 20 heavy (non-hydrogen) atoms. The zero-order valence-corrected chi connectivity index (χ0v) is 11.9. The minimum absolute atomic E-state index is 0.296. The van der Waals surface area contributed by atoms with E-state index in [1.165, 1.54) is 0 Å². The molecule has 0 atom stereocenters. The zero-order valence-electron chi connectivity index (χ0n) is 11.9. The van der Waals surface area contributed by atoms with Crippen molar-refractivity contribution in [3.63, 3.8) is 0 Å². The fourth-order valence-electron chi connectivity index (χ4n) is 2.00. The van der Waals surface area contributed by atoms with Crippen LogP contribution in [0.1, 0.15) is 38.5 Å². The number of carbonyl (C=O) groups excluding carboxylic acids is 2. The van der Waals surface area contributed by atoms with E-state index >= 15 is 0 Å². The predicted molar refractivity (Wildman–Crippen MR) is 77.0 cm³/mol. The average Bonchev–Trinajstić information content (AvgIpc) is 2.47. The fraction of sp³-hybridized carbons (Fsp3) is 0.500. The summed E-state index contributed by atoms with van der Waals surface area (Å²) in [5, 5.41) is 0. The molecule has 0 heterocycles. The van der Waals surface area contributed by atoms with Gasteiger partial charge >= 0.3 is 11.9 Å². The van der Waals surface area contributed by atoms with E-state index in [0.717, 1.165) is 12.8 Å². The van der Waals surface area contributed by atoms with Crippen LogP contribution in [0.3, 0.4) is 0 Å². The lowest BCUT2D eigenvalue weighted by molar-refractivity contribution is -0.142. The molecule has 1 aliphatic rings. The maximum Gasteiger partial charge on any atom is 0.334 e. The Morgan fingerprint density at radius 2 is 1.30 bits per heavy atom. The van der Waals surface area contributed by atoms with Crippen molar-refractivity contribution in [3.8, 4) is 0 Å². The minimum atomic E-state index is -0.401. The van der Waals surface area contributed by atoms with Crippen LogP contribution in [-0.2, 0) is 19.1 Å². The van der Waals surface area contributed by atoms with Gasteiger partial charge in [0.1, 0.15) is 0 Å². The number of hydrogen-bond acceptors (Lipinski definition) is 4. The summed E-state index contributed by atoms with van der Waals surface area (Å²) in [7, 11) is 0. The molecule has 0 aromatic carbocycles. The molecular formula is C16H22O4. The van der Waals surface area contributed by atoms with E-state index < -0.39 is 11.9 Å². The van der Waals surface area contributed by atoms with Gasteiger partial charge in [0.25, 0.3) is 0 Å². The van der Waals surface area contributed by atoms with Gasteiger partial charge < -0.3 is 9.47 Å². The molecule has 0 N–H and O–H groups in total. The van der Waals surface area contributed by atoms with E-state index in [0.29, 0.717) is 50.0 Å². The summed E-state index contributed by atoms with van der Waals surface area (Å²) in [6, 6.07) is 0. The first kappa shape index (κ1) is 16.2. The zero-order chi connectivity index (χ0) is 14.8. The van der Waals surface area contributed by atoms with Gasteiger partial charge in [0.2, 0.25) is 0 Å². The normalized spacial score (nSPS) is 14.6. The van der Waals surface area contributed by atoms with Gasteiger partial charge in [0.05, 0.1) is 13.2 Å². The van der Waals surface area contributed by atoms with Crippen molar-refractivity contribution in [2.75, 3.05) is 13.2 Å². The highest BCUT2D eigenvalue weighted by atomic mass is 16.5. The van der Waals surface area contributed by atoms with E-state index in [2.05, 4.69) is 13.2 Å². The molecule has 0 unspecified atom stereocenters. The molecule has 110 valence electrons. The lowest BCUT2D eigenvalue weighted by Gasteiger charge is -2.18. The highest BCUT2D eigenvalue weighted by molar-refractivity contribution is 6.00. The van der Waals surface area contributed by atoms with Crippen LogP contribution in [0.5, 0.6) is 0 Å². The monoisotopic (exact) mass is 278 g/mol. The fourth-order valence-corrected chi connectivity index (χ4v) is 2.00. The van der Waals surface area contributed by atoms with Gasteiger partial charge in [-0.2, -0.15) is 0 Å². The molecule has 0 saturated carbocycles. The number of hydrogen-bond donors (Lipinski definition) is 0. The standard InChI is InChI=1S/C16H22O4/c1-3-5-11-19-15(17)13-9-7-8-10-14(13)16(18)20-12-6-4-2/h3-4H,1-2,5-12H2. The lowest BCUT2D eigenvalue weighted by atomic mass is 9.92. The number of esters is 2. The first-order valence-corrected chi connectivity index (χ1v) is 6.98. The maximum atomic E-state index is 12.0. The number of rotatable bonds is 8. The third kappa shape index (κ3) is 5.03. The van der Waals surface area contributed by atoms with E-state index in [-0.39, 0.29) is 0 Å². The van der Waals surface area contributed by atoms with Crippen molar-refractivity contribution in [1.82, 2.24) is 0 Å². The smallest absolute Gasteiger partial charge is 0.334 e. The first-order valence-electron chi connectivity index (χ1n) is 6.98. The van der Waals surface area contributed by atoms with E-state index in [9.17, 15) is 9.59 Å². The summed E-state index contributed by atoms with van der Waals surface area (Å²) < 4.78 is 10.3. The molecule has 0 bridgehead atoms. The molecule has 4 nitrogen and oxygen atoms in total. The second-order valence-corrected chi connectivity index (χ2v) is 4.59. The van der Waals surface area contributed by atoms with E-state index in [1.54, 1.807) is 12.2 Å². The molecule has 0 aliphatic heterocycles. The highest BCUT2D eigenvalue weighted by Gasteiger charge is 2.25. The Labute approximate surface area is 120 Å². The maximum absolute atomic E-state index is 12.0. The number of carbonyl (C=O) groups is 2. The molecule has 4 heteroatoms. The van der Waals surface area contributed by atoms with Gasteiger partial charge in [-0.05, 0) is 38.5 Å². The van der Waals surface area contributed by atoms with Crippen LogP contribution in [-0.4, -0.2) is 25.2 Å². The quantitative estimate of drug-likeness (QED) is 0.389. The molecular weight excluding hydrogens is 256 g/mol. The van der Waals surface area contributed by atoms with Crippen molar-refractivity contribution < 1.29 is 19.1 Å². The van der Waals surface area contributed by atoms with E-state index in [4.69, 9.17) is 9.47 Å². The van der Waals surface area contributed by atoms with Crippen LogP contribution in [0.25, 0.3) is 0 Å². The Morgan fingerprint density at radius 3 is 1.65 bits per heavy atom. The molecule has 0 amide bonds. The molecule has 0 radical (unpaired) electrons. The summed E-state index contributed by atoms with van der Waals surface area (Å²) >= 11 is 0. The van der Waals surface area contributed by atoms with Crippen LogP contribution in [0, 0.1) is 0 Å². The Morgan fingerprint density at radius 1 is 0.900 bits per heavy atom. The van der Waals surface area contributed by atoms with Crippen LogP contribution >= 0.6 is 0 Å². The summed E-state index contributed by atoms with van der Waals surface area (Å²) in [6.07, 6.45) is 7.55. The SMILES string of the molecule is C=CCCOC(=O)C1=C(C(=O)OCCC=C)CCCC1. The Bertz CT molecular complexity index is 369. The highest BCUT2D eigenvalue weighted by Crippen LogP contribution is 2.26. The van der Waals surface area contributed by atoms with Crippen molar-refractivity contribution in [2.24, 2.45) is 0 Å². The third-order valence-corrected chi connectivity index (χ3v) is 3.07. The van der Waals surface area contributed by atoms with Crippen molar-refractivity contribution in [3.05, 3.63) is 36.5 Å². The van der Waals surface area contributed by atoms with Gasteiger partial charge in [0.15, 0.2) is 0 Å². The van der Waals surface area contributed by atoms with Crippen LogP contribution in [0.2, 0.25) is 0 Å². The Hall–Kier alpha value is -1.84. The number of ether oxygens (including phenoxy) is 2. The minimum Gasteiger partial charge on any atom is -0.462 e. The van der Waals surface area contributed by atoms with Crippen molar-refractivity contribution in [1.29, 1.82) is 0 Å². The molecule has 0 fully saturated rings. The van der Waals surface area contributed by atoms with Crippen LogP contribution < -0.4 is 0 Å². The summed E-state index contributed by atoms with van der Waals surface area (Å²) in [5.74, 6) is -0.801. The Balaban J connectivity index is 2.69. The molecule has 0 saturated heterocycles. The van der Waals surface area contributed by atoms with Crippen LogP contribution in [0.4, 0.5) is 0 Å². The molecule has 1 aliphatic carbocycles. The second kappa shape index (κ2) is 9.13. The molecule has 0 aromatic heterocycles. The first-order chi connectivity index (χ1) is 9.70. The molecule has 0 aromatic rings. The topological polar surface area (TPSA) is 52.6 Å². The lowest BCUT2D eigenvalue weighted by Crippen LogP contribution is -2.20. The predicted octanol–water partition coefficient (Wildman–Crippen LogP) is 3.10. The Kier molecular flexibility index (Phi) is 7.40. The van der Waals surface area contributed by atoms with Gasteiger partial charge in [-0.15, -0.1) is 13.2 Å². The third-order valence-electron chi connectivity index (χ3n) is 3.07. The van der Waals surface area contributed by atoms with Gasteiger partial charge in [-0.25, -0.2) is 9.59 Å². The molecule has 0 spiro atoms. The molecule has 1 rings (SSSR count). The average molecular weight is 278 g/mol. The second-order valence-electron chi connectivity index (χ2n) is 4.59.